The number of likely N-dealkylation sites (tertiary alicyclic amines) is 1. The van der Waals surface area contributed by atoms with Crippen LogP contribution in [0.3, 0.4) is 0 Å². The molecule has 4 aromatic rings. The highest BCUT2D eigenvalue weighted by molar-refractivity contribution is 5.94. The monoisotopic (exact) mass is 524 g/mol. The van der Waals surface area contributed by atoms with E-state index < -0.39 is 17.9 Å². The van der Waals surface area contributed by atoms with E-state index in [0.29, 0.717) is 5.56 Å². The van der Waals surface area contributed by atoms with Gasteiger partial charge in [-0.2, -0.15) is 18.3 Å². The number of rotatable bonds is 5. The third-order valence-electron chi connectivity index (χ3n) is 7.12. The molecule has 2 aromatic heterocycles. The molecule has 1 fully saturated rings. The SMILES string of the molecule is CC(c1cccc(C(=O)NC2CCN(C)CC2)c1)n1cnc2cc(-c3cn[nH]c3C(F)(F)F)ccc2c1=O. The predicted molar refractivity (Wildman–Crippen MR) is 137 cm³/mol. The van der Waals surface area contributed by atoms with Crippen molar-refractivity contribution in [1.82, 2.24) is 30.0 Å². The number of H-pyrrole nitrogens is 1. The summed E-state index contributed by atoms with van der Waals surface area (Å²) in [6.07, 6.45) is -0.314. The van der Waals surface area contributed by atoms with Crippen molar-refractivity contribution in [2.45, 2.75) is 38.0 Å². The summed E-state index contributed by atoms with van der Waals surface area (Å²) in [5.41, 5.74) is 0.386. The molecule has 2 aromatic carbocycles. The van der Waals surface area contributed by atoms with E-state index in [1.807, 2.05) is 18.1 Å². The van der Waals surface area contributed by atoms with E-state index in [1.54, 1.807) is 18.2 Å². The summed E-state index contributed by atoms with van der Waals surface area (Å²) in [7, 11) is 2.06. The van der Waals surface area contributed by atoms with Crippen LogP contribution in [0.4, 0.5) is 13.2 Å². The maximum atomic E-state index is 13.3. The molecule has 1 unspecified atom stereocenters. The minimum absolute atomic E-state index is 0.117. The molecule has 2 N–H and O–H groups in total. The molecule has 1 saturated heterocycles. The molecular weight excluding hydrogens is 497 g/mol. The van der Waals surface area contributed by atoms with Gasteiger partial charge in [0.25, 0.3) is 11.5 Å². The van der Waals surface area contributed by atoms with Gasteiger partial charge in [-0.1, -0.05) is 18.2 Å². The fourth-order valence-corrected chi connectivity index (χ4v) is 4.82. The van der Waals surface area contributed by atoms with Crippen LogP contribution in [0.1, 0.15) is 47.4 Å². The van der Waals surface area contributed by atoms with Crippen LogP contribution >= 0.6 is 0 Å². The first-order valence-corrected chi connectivity index (χ1v) is 12.3. The smallest absolute Gasteiger partial charge is 0.349 e. The number of hydrogen-bond acceptors (Lipinski definition) is 5. The second-order valence-electron chi connectivity index (χ2n) is 9.70. The van der Waals surface area contributed by atoms with Gasteiger partial charge >= 0.3 is 6.18 Å². The second kappa shape index (κ2) is 10.1. The van der Waals surface area contributed by atoms with Crippen LogP contribution in [0.2, 0.25) is 0 Å². The number of nitrogens with zero attached hydrogens (tertiary/aromatic N) is 4. The first kappa shape index (κ1) is 25.7. The lowest BCUT2D eigenvalue weighted by Crippen LogP contribution is -2.43. The molecule has 0 aliphatic carbocycles. The molecule has 5 rings (SSSR count). The summed E-state index contributed by atoms with van der Waals surface area (Å²) < 4.78 is 41.3. The highest BCUT2D eigenvalue weighted by Crippen LogP contribution is 2.35. The highest BCUT2D eigenvalue weighted by atomic mass is 19.4. The maximum absolute atomic E-state index is 13.3. The van der Waals surface area contributed by atoms with E-state index in [-0.39, 0.29) is 39.5 Å². The molecule has 38 heavy (non-hydrogen) atoms. The van der Waals surface area contributed by atoms with Gasteiger partial charge in [0.2, 0.25) is 0 Å². The molecule has 8 nitrogen and oxygen atoms in total. The number of fused-ring (bicyclic) bond motifs is 1. The Morgan fingerprint density at radius 3 is 2.66 bits per heavy atom. The number of amides is 1. The summed E-state index contributed by atoms with van der Waals surface area (Å²) >= 11 is 0. The Hall–Kier alpha value is -3.99. The van der Waals surface area contributed by atoms with Crippen molar-refractivity contribution >= 4 is 16.8 Å². The summed E-state index contributed by atoms with van der Waals surface area (Å²) in [5, 5.41) is 8.90. The van der Waals surface area contributed by atoms with Crippen molar-refractivity contribution in [1.29, 1.82) is 0 Å². The Kier molecular flexibility index (Phi) is 6.78. The lowest BCUT2D eigenvalue weighted by molar-refractivity contribution is -0.140. The summed E-state index contributed by atoms with van der Waals surface area (Å²) in [6, 6.07) is 11.2. The molecule has 198 valence electrons. The molecule has 1 amide bonds. The number of alkyl halides is 3. The van der Waals surface area contributed by atoms with Crippen molar-refractivity contribution in [3.05, 3.63) is 82.2 Å². The van der Waals surface area contributed by atoms with E-state index in [1.165, 1.54) is 29.1 Å². The minimum atomic E-state index is -4.59. The fraction of sp³-hybridized carbons (Fsp3) is 0.333. The Labute approximate surface area is 216 Å². The van der Waals surface area contributed by atoms with Gasteiger partial charge in [-0.05, 0) is 75.3 Å². The molecule has 11 heteroatoms. The van der Waals surface area contributed by atoms with E-state index in [2.05, 4.69) is 27.3 Å². The zero-order valence-corrected chi connectivity index (χ0v) is 20.9. The van der Waals surface area contributed by atoms with Crippen LogP contribution < -0.4 is 10.9 Å². The van der Waals surface area contributed by atoms with E-state index in [9.17, 15) is 22.8 Å². The number of aromatic nitrogens is 4. The van der Waals surface area contributed by atoms with Crippen LogP contribution in [-0.2, 0) is 6.18 Å². The van der Waals surface area contributed by atoms with Gasteiger partial charge in [-0.25, -0.2) is 4.98 Å². The van der Waals surface area contributed by atoms with Gasteiger partial charge < -0.3 is 10.2 Å². The van der Waals surface area contributed by atoms with Gasteiger partial charge in [0.15, 0.2) is 0 Å². The Bertz CT molecular complexity index is 1540. The van der Waals surface area contributed by atoms with Crippen LogP contribution in [-0.4, -0.2) is 56.7 Å². The van der Waals surface area contributed by atoms with Gasteiger partial charge in [0.1, 0.15) is 5.69 Å². The molecule has 0 radical (unpaired) electrons. The lowest BCUT2D eigenvalue weighted by atomic mass is 10.0. The number of halogens is 3. The molecule has 3 heterocycles. The topological polar surface area (TPSA) is 95.9 Å². The first-order valence-electron chi connectivity index (χ1n) is 12.3. The Morgan fingerprint density at radius 1 is 1.16 bits per heavy atom. The Morgan fingerprint density at radius 2 is 1.92 bits per heavy atom. The number of piperidine rings is 1. The summed E-state index contributed by atoms with van der Waals surface area (Å²) in [4.78, 5) is 32.8. The third-order valence-corrected chi connectivity index (χ3v) is 7.12. The Balaban J connectivity index is 1.40. The normalized spacial score (nSPS) is 16.0. The number of carbonyl (C=O) groups excluding carboxylic acids is 1. The number of benzene rings is 2. The molecule has 1 aliphatic rings. The quantitative estimate of drug-likeness (QED) is 0.407. The maximum Gasteiger partial charge on any atom is 0.433 e. The molecule has 0 spiro atoms. The van der Waals surface area contributed by atoms with Crippen molar-refractivity contribution in [3.63, 3.8) is 0 Å². The van der Waals surface area contributed by atoms with Crippen LogP contribution in [0, 0.1) is 0 Å². The van der Waals surface area contributed by atoms with Crippen LogP contribution in [0.5, 0.6) is 0 Å². The van der Waals surface area contributed by atoms with Crippen molar-refractivity contribution < 1.29 is 18.0 Å². The van der Waals surface area contributed by atoms with Gasteiger partial charge in [-0.3, -0.25) is 19.3 Å². The summed E-state index contributed by atoms with van der Waals surface area (Å²) in [6.45, 7) is 3.71. The zero-order chi connectivity index (χ0) is 27.0. The molecule has 1 atom stereocenters. The second-order valence-corrected chi connectivity index (χ2v) is 9.70. The van der Waals surface area contributed by atoms with Crippen molar-refractivity contribution in [2.24, 2.45) is 0 Å². The van der Waals surface area contributed by atoms with Gasteiger partial charge in [-0.15, -0.1) is 0 Å². The average Bonchev–Trinajstić information content (AvgIpc) is 3.41. The highest BCUT2D eigenvalue weighted by Gasteiger charge is 2.36. The lowest BCUT2D eigenvalue weighted by Gasteiger charge is -2.29. The molecule has 0 bridgehead atoms. The zero-order valence-electron chi connectivity index (χ0n) is 20.9. The largest absolute Gasteiger partial charge is 0.433 e. The number of nitrogens with one attached hydrogen (secondary N) is 2. The van der Waals surface area contributed by atoms with Crippen molar-refractivity contribution in [2.75, 3.05) is 20.1 Å². The number of carbonyl (C=O) groups is 1. The third kappa shape index (κ3) is 5.06. The number of hydrogen-bond donors (Lipinski definition) is 2. The van der Waals surface area contributed by atoms with Crippen molar-refractivity contribution in [3.8, 4) is 11.1 Å². The van der Waals surface area contributed by atoms with Gasteiger partial charge in [0, 0.05) is 17.2 Å². The minimum Gasteiger partial charge on any atom is -0.349 e. The van der Waals surface area contributed by atoms with Crippen LogP contribution in [0.25, 0.3) is 22.0 Å². The van der Waals surface area contributed by atoms with Crippen LogP contribution in [0.15, 0.2) is 59.8 Å². The van der Waals surface area contributed by atoms with E-state index in [4.69, 9.17) is 0 Å². The standard InChI is InChI=1S/C27H27F3N6O2/c1-16(17-4-3-5-19(12-17)25(37)33-20-8-10-35(2)11-9-20)36-15-31-23-13-18(6-7-21(23)26(36)38)22-14-32-34-24(22)27(28,29)30/h3-7,12-16,20H,8-11H2,1-2H3,(H,32,34)(H,33,37). The summed E-state index contributed by atoms with van der Waals surface area (Å²) in [5.74, 6) is -0.150. The number of aromatic amines is 1. The molecular formula is C27H27F3N6O2. The van der Waals surface area contributed by atoms with E-state index >= 15 is 0 Å². The predicted octanol–water partition coefficient (Wildman–Crippen LogP) is 4.24. The average molecular weight is 525 g/mol. The first-order chi connectivity index (χ1) is 18.1. The van der Waals surface area contributed by atoms with Gasteiger partial charge in [0.05, 0.1) is 29.5 Å². The fourth-order valence-electron chi connectivity index (χ4n) is 4.82. The molecule has 0 saturated carbocycles. The van der Waals surface area contributed by atoms with E-state index in [0.717, 1.165) is 37.7 Å². The molecule has 1 aliphatic heterocycles.